The molecule has 26 heavy (non-hydrogen) atoms. The zero-order chi connectivity index (χ0) is 18.7. The van der Waals surface area contributed by atoms with Crippen LogP contribution in [0.25, 0.3) is 0 Å². The van der Waals surface area contributed by atoms with Gasteiger partial charge < -0.3 is 4.74 Å². The highest BCUT2D eigenvalue weighted by Gasteiger charge is 2.37. The number of benzene rings is 1. The van der Waals surface area contributed by atoms with Gasteiger partial charge in [0.25, 0.3) is 0 Å². The lowest BCUT2D eigenvalue weighted by atomic mass is 9.67. The number of allylic oxidation sites excluding steroid dienone is 1. The fraction of sp³-hybridized carbons (Fsp3) is 0.524. The summed E-state index contributed by atoms with van der Waals surface area (Å²) in [6.07, 6.45) is 4.74. The Morgan fingerprint density at radius 3 is 2.46 bits per heavy atom. The molecular weight excluding hydrogens is 326 g/mol. The minimum atomic E-state index is -0.248. The van der Waals surface area contributed by atoms with Crippen LogP contribution in [-0.2, 0) is 4.74 Å². The van der Waals surface area contributed by atoms with Crippen molar-refractivity contribution >= 4 is 12.3 Å². The van der Waals surface area contributed by atoms with Gasteiger partial charge in [0.05, 0.1) is 6.54 Å². The van der Waals surface area contributed by atoms with Crippen molar-refractivity contribution in [2.45, 2.75) is 52.1 Å². The average molecular weight is 355 g/mol. The van der Waals surface area contributed by atoms with Crippen molar-refractivity contribution in [3.8, 4) is 0 Å². The van der Waals surface area contributed by atoms with Gasteiger partial charge in [-0.3, -0.25) is 9.91 Å². The quantitative estimate of drug-likeness (QED) is 0.567. The minimum Gasteiger partial charge on any atom is -0.447 e. The SMILES string of the molecule is CC(C)N(/N=C/[C@H]1/C(=C\N2CCOC2=O)C[C@@H]1c1ccccc1)C(C)C. The number of nitrogens with zero attached hydrogens (tertiary/aromatic N) is 3. The van der Waals surface area contributed by atoms with Gasteiger partial charge in [-0.25, -0.2) is 4.79 Å². The first kappa shape index (κ1) is 18.5. The third kappa shape index (κ3) is 3.92. The number of carbonyl (C=O) groups is 1. The molecule has 5 heteroatoms. The Morgan fingerprint density at radius 2 is 1.88 bits per heavy atom. The van der Waals surface area contributed by atoms with E-state index in [2.05, 4.69) is 63.2 Å². The molecule has 0 radical (unpaired) electrons. The second-order valence-corrected chi connectivity index (χ2v) is 7.59. The van der Waals surface area contributed by atoms with Crippen LogP contribution in [0.2, 0.25) is 0 Å². The van der Waals surface area contributed by atoms with E-state index in [9.17, 15) is 4.79 Å². The van der Waals surface area contributed by atoms with E-state index in [1.807, 2.05) is 12.3 Å². The molecule has 140 valence electrons. The summed E-state index contributed by atoms with van der Waals surface area (Å²) in [4.78, 5) is 13.5. The molecule has 1 heterocycles. The number of hydrogen-bond acceptors (Lipinski definition) is 4. The van der Waals surface area contributed by atoms with Gasteiger partial charge in [-0.15, -0.1) is 0 Å². The van der Waals surface area contributed by atoms with Crippen LogP contribution in [0.5, 0.6) is 0 Å². The van der Waals surface area contributed by atoms with Gasteiger partial charge in [-0.05, 0) is 51.2 Å². The van der Waals surface area contributed by atoms with E-state index in [0.29, 0.717) is 31.2 Å². The standard InChI is InChI=1S/C21H29N3O2/c1-15(2)24(16(3)4)22-13-20-18(14-23-10-11-26-21(23)25)12-19(20)17-8-6-5-7-9-17/h5-9,13-16,19-20H,10-12H2,1-4H3/b18-14-,22-13+/t19-,20+/m1/s1. The van der Waals surface area contributed by atoms with Crippen molar-refractivity contribution in [2.75, 3.05) is 13.2 Å². The summed E-state index contributed by atoms with van der Waals surface area (Å²) in [6.45, 7) is 9.73. The van der Waals surface area contributed by atoms with Crippen molar-refractivity contribution in [1.82, 2.24) is 9.91 Å². The molecule has 1 aliphatic heterocycles. The smallest absolute Gasteiger partial charge is 0.413 e. The van der Waals surface area contributed by atoms with Gasteiger partial charge in [0, 0.05) is 30.4 Å². The maximum atomic E-state index is 11.8. The molecule has 1 saturated carbocycles. The Hall–Kier alpha value is -2.30. The van der Waals surface area contributed by atoms with Crippen molar-refractivity contribution < 1.29 is 9.53 Å². The fourth-order valence-corrected chi connectivity index (χ4v) is 3.71. The van der Waals surface area contributed by atoms with Gasteiger partial charge in [-0.1, -0.05) is 30.3 Å². The maximum absolute atomic E-state index is 11.8. The summed E-state index contributed by atoms with van der Waals surface area (Å²) in [5.74, 6) is 0.622. The maximum Gasteiger partial charge on any atom is 0.413 e. The lowest BCUT2D eigenvalue weighted by Crippen LogP contribution is -2.35. The lowest BCUT2D eigenvalue weighted by molar-refractivity contribution is 0.165. The molecule has 0 aromatic heterocycles. The predicted molar refractivity (Wildman–Crippen MR) is 104 cm³/mol. The highest BCUT2D eigenvalue weighted by molar-refractivity contribution is 5.73. The van der Waals surface area contributed by atoms with Crippen LogP contribution >= 0.6 is 0 Å². The molecule has 1 saturated heterocycles. The highest BCUT2D eigenvalue weighted by Crippen LogP contribution is 2.46. The number of hydrazone groups is 1. The molecule has 1 aromatic carbocycles. The van der Waals surface area contributed by atoms with Crippen LogP contribution in [-0.4, -0.2) is 47.5 Å². The number of carbonyl (C=O) groups excluding carboxylic acids is 1. The van der Waals surface area contributed by atoms with Crippen molar-refractivity contribution in [3.63, 3.8) is 0 Å². The minimum absolute atomic E-state index is 0.214. The van der Waals surface area contributed by atoms with Gasteiger partial charge >= 0.3 is 6.09 Å². The fourth-order valence-electron chi connectivity index (χ4n) is 3.71. The summed E-state index contributed by atoms with van der Waals surface area (Å²) < 4.78 is 5.04. The number of hydrogen-bond donors (Lipinski definition) is 0. The van der Waals surface area contributed by atoms with Crippen LogP contribution in [0.15, 0.2) is 47.2 Å². The monoisotopic (exact) mass is 355 g/mol. The molecule has 2 atom stereocenters. The van der Waals surface area contributed by atoms with Crippen LogP contribution in [0.1, 0.15) is 45.6 Å². The molecule has 2 fully saturated rings. The second-order valence-electron chi connectivity index (χ2n) is 7.59. The van der Waals surface area contributed by atoms with E-state index in [1.54, 1.807) is 4.90 Å². The van der Waals surface area contributed by atoms with Crippen LogP contribution < -0.4 is 0 Å². The largest absolute Gasteiger partial charge is 0.447 e. The van der Waals surface area contributed by atoms with Gasteiger partial charge in [-0.2, -0.15) is 5.10 Å². The van der Waals surface area contributed by atoms with Crippen LogP contribution in [0.4, 0.5) is 4.79 Å². The van der Waals surface area contributed by atoms with Crippen molar-refractivity contribution in [2.24, 2.45) is 11.0 Å². The summed E-state index contributed by atoms with van der Waals surface area (Å²) in [6, 6.07) is 11.3. The van der Waals surface area contributed by atoms with Gasteiger partial charge in [0.1, 0.15) is 6.61 Å². The summed E-state index contributed by atoms with van der Waals surface area (Å²) in [7, 11) is 0. The molecule has 2 aliphatic rings. The van der Waals surface area contributed by atoms with Crippen LogP contribution in [0.3, 0.4) is 0 Å². The number of ether oxygens (including phenoxy) is 1. The van der Waals surface area contributed by atoms with Gasteiger partial charge in [0.15, 0.2) is 0 Å². The summed E-state index contributed by atoms with van der Waals surface area (Å²) in [5, 5.41) is 6.92. The molecule has 1 amide bonds. The van der Waals surface area contributed by atoms with E-state index >= 15 is 0 Å². The Balaban J connectivity index is 1.82. The first-order chi connectivity index (χ1) is 12.5. The number of rotatable bonds is 6. The molecule has 3 rings (SSSR count). The highest BCUT2D eigenvalue weighted by atomic mass is 16.6. The third-order valence-electron chi connectivity index (χ3n) is 5.08. The van der Waals surface area contributed by atoms with E-state index in [0.717, 1.165) is 6.42 Å². The third-order valence-corrected chi connectivity index (χ3v) is 5.08. The first-order valence-corrected chi connectivity index (χ1v) is 9.48. The van der Waals surface area contributed by atoms with Crippen molar-refractivity contribution in [3.05, 3.63) is 47.7 Å². The topological polar surface area (TPSA) is 45.1 Å². The predicted octanol–water partition coefficient (Wildman–Crippen LogP) is 4.23. The number of amides is 1. The molecule has 5 nitrogen and oxygen atoms in total. The van der Waals surface area contributed by atoms with Gasteiger partial charge in [0.2, 0.25) is 0 Å². The molecule has 0 N–H and O–H groups in total. The summed E-state index contributed by atoms with van der Waals surface area (Å²) in [5.41, 5.74) is 2.57. The van der Waals surface area contributed by atoms with Crippen LogP contribution in [0, 0.1) is 5.92 Å². The molecule has 1 aromatic rings. The number of cyclic esters (lactones) is 1. The average Bonchev–Trinajstić information content (AvgIpc) is 3.00. The van der Waals surface area contributed by atoms with Crippen molar-refractivity contribution in [1.29, 1.82) is 0 Å². The van der Waals surface area contributed by atoms with E-state index in [-0.39, 0.29) is 12.0 Å². The summed E-state index contributed by atoms with van der Waals surface area (Å²) >= 11 is 0. The zero-order valence-electron chi connectivity index (χ0n) is 16.1. The van der Waals surface area contributed by atoms with E-state index < -0.39 is 0 Å². The molecule has 0 spiro atoms. The normalized spacial score (nSPS) is 24.6. The second kappa shape index (κ2) is 7.94. The van der Waals surface area contributed by atoms with E-state index in [4.69, 9.17) is 9.84 Å². The first-order valence-electron chi connectivity index (χ1n) is 9.48. The Labute approximate surface area is 156 Å². The Bertz CT molecular complexity index is 674. The Morgan fingerprint density at radius 1 is 1.19 bits per heavy atom. The zero-order valence-corrected chi connectivity index (χ0v) is 16.1. The molecule has 1 aliphatic carbocycles. The molecule has 0 unspecified atom stereocenters. The lowest BCUT2D eigenvalue weighted by Gasteiger charge is -2.39. The Kier molecular flexibility index (Phi) is 5.64. The molecular formula is C21H29N3O2. The van der Waals surface area contributed by atoms with E-state index in [1.165, 1.54) is 11.1 Å². The molecule has 0 bridgehead atoms.